The van der Waals surface area contributed by atoms with Crippen LogP contribution in [0.3, 0.4) is 0 Å². The van der Waals surface area contributed by atoms with Gasteiger partial charge in [-0.3, -0.25) is 4.98 Å². The lowest BCUT2D eigenvalue weighted by molar-refractivity contribution is 0.0697. The van der Waals surface area contributed by atoms with Gasteiger partial charge in [-0.25, -0.2) is 4.79 Å². The Labute approximate surface area is 166 Å². The van der Waals surface area contributed by atoms with Gasteiger partial charge in [-0.15, -0.1) is 0 Å². The van der Waals surface area contributed by atoms with Gasteiger partial charge in [-0.1, -0.05) is 30.3 Å². The molecule has 28 heavy (non-hydrogen) atoms. The monoisotopic (exact) mass is 380 g/mol. The number of piperidine rings is 1. The van der Waals surface area contributed by atoms with Gasteiger partial charge in [0.15, 0.2) is 0 Å². The molecular weight excluding hydrogens is 352 g/mol. The van der Waals surface area contributed by atoms with Crippen LogP contribution in [0.5, 0.6) is 0 Å². The van der Waals surface area contributed by atoms with Crippen molar-refractivity contribution in [3.63, 3.8) is 0 Å². The lowest BCUT2D eigenvalue weighted by Gasteiger charge is -2.32. The molecule has 0 unspecified atom stereocenters. The Bertz CT molecular complexity index is 790. The maximum absolute atomic E-state index is 11.2. The number of likely N-dealkylation sites (tertiary alicyclic amines) is 1. The number of carbonyl (C=O) groups is 1. The standard InChI is InChI=1S/C22H28N4O2/c27-22(28)18-6-9-23-15-21(18)24-10-13-26-11-7-17(8-12-26)25-20-14-19(20)16-4-2-1-3-5-16/h1-6,9,15,17,19-20,24-25H,7-8,10-14H2,(H,27,28)/t19-,20+/m0/s1. The summed E-state index contributed by atoms with van der Waals surface area (Å²) in [5.74, 6) is -0.239. The van der Waals surface area contributed by atoms with E-state index in [-0.39, 0.29) is 5.56 Å². The average molecular weight is 380 g/mol. The van der Waals surface area contributed by atoms with Crippen molar-refractivity contribution in [3.05, 3.63) is 59.9 Å². The molecule has 0 amide bonds. The number of carboxylic acids is 1. The molecule has 0 radical (unpaired) electrons. The number of aromatic nitrogens is 1. The molecule has 1 aromatic carbocycles. The normalized spacial score (nSPS) is 22.7. The quantitative estimate of drug-likeness (QED) is 0.654. The minimum Gasteiger partial charge on any atom is -0.478 e. The van der Waals surface area contributed by atoms with E-state index in [1.165, 1.54) is 37.1 Å². The molecule has 2 fully saturated rings. The van der Waals surface area contributed by atoms with E-state index in [0.29, 0.717) is 23.7 Å². The zero-order valence-electron chi connectivity index (χ0n) is 16.1. The average Bonchev–Trinajstić information content (AvgIpc) is 3.49. The van der Waals surface area contributed by atoms with Gasteiger partial charge in [0.2, 0.25) is 0 Å². The summed E-state index contributed by atoms with van der Waals surface area (Å²) in [6.07, 6.45) is 6.69. The highest BCUT2D eigenvalue weighted by molar-refractivity contribution is 5.93. The summed E-state index contributed by atoms with van der Waals surface area (Å²) in [5.41, 5.74) is 2.32. The molecule has 2 aliphatic rings. The molecule has 1 aromatic heterocycles. The second kappa shape index (κ2) is 8.71. The van der Waals surface area contributed by atoms with Gasteiger partial charge < -0.3 is 20.6 Å². The number of aromatic carboxylic acids is 1. The van der Waals surface area contributed by atoms with Crippen molar-refractivity contribution < 1.29 is 9.90 Å². The number of rotatable bonds is 8. The van der Waals surface area contributed by atoms with Crippen molar-refractivity contribution in [2.24, 2.45) is 0 Å². The highest BCUT2D eigenvalue weighted by atomic mass is 16.4. The van der Waals surface area contributed by atoms with E-state index in [1.807, 2.05) is 0 Å². The third-order valence-corrected chi connectivity index (χ3v) is 5.85. The SMILES string of the molecule is O=C(O)c1ccncc1NCCN1CCC(N[C@@H]2C[C@H]2c2ccccc2)CC1. The molecule has 0 spiro atoms. The van der Waals surface area contributed by atoms with Crippen LogP contribution >= 0.6 is 0 Å². The molecule has 3 N–H and O–H groups in total. The molecule has 0 bridgehead atoms. The van der Waals surface area contributed by atoms with E-state index >= 15 is 0 Å². The van der Waals surface area contributed by atoms with Crippen molar-refractivity contribution in [1.82, 2.24) is 15.2 Å². The van der Waals surface area contributed by atoms with Crippen LogP contribution in [0.25, 0.3) is 0 Å². The number of nitrogens with zero attached hydrogens (tertiary/aromatic N) is 2. The molecule has 4 rings (SSSR count). The maximum atomic E-state index is 11.2. The number of carboxylic acid groups (broad SMARTS) is 1. The van der Waals surface area contributed by atoms with Crippen molar-refractivity contribution in [3.8, 4) is 0 Å². The fraction of sp³-hybridized carbons (Fsp3) is 0.455. The highest BCUT2D eigenvalue weighted by Crippen LogP contribution is 2.41. The molecule has 1 aliphatic heterocycles. The van der Waals surface area contributed by atoms with Crippen LogP contribution in [0.1, 0.15) is 41.1 Å². The summed E-state index contributed by atoms with van der Waals surface area (Å²) in [6.45, 7) is 3.81. The summed E-state index contributed by atoms with van der Waals surface area (Å²) in [7, 11) is 0. The Hall–Kier alpha value is -2.44. The topological polar surface area (TPSA) is 77.5 Å². The van der Waals surface area contributed by atoms with Gasteiger partial charge in [-0.05, 0) is 44.0 Å². The molecule has 2 heterocycles. The fourth-order valence-electron chi connectivity index (χ4n) is 4.14. The van der Waals surface area contributed by atoms with Gasteiger partial charge >= 0.3 is 5.97 Å². The second-order valence-electron chi connectivity index (χ2n) is 7.80. The van der Waals surface area contributed by atoms with E-state index in [4.69, 9.17) is 0 Å². The Morgan fingerprint density at radius 2 is 1.96 bits per heavy atom. The number of benzene rings is 1. The summed E-state index contributed by atoms with van der Waals surface area (Å²) < 4.78 is 0. The fourth-order valence-corrected chi connectivity index (χ4v) is 4.14. The predicted octanol–water partition coefficient (Wildman–Crippen LogP) is 2.80. The number of anilines is 1. The molecule has 1 saturated carbocycles. The van der Waals surface area contributed by atoms with Gasteiger partial charge in [0.05, 0.1) is 17.4 Å². The molecular formula is C22H28N4O2. The summed E-state index contributed by atoms with van der Waals surface area (Å²) in [6, 6.07) is 13.6. The predicted molar refractivity (Wildman–Crippen MR) is 110 cm³/mol. The van der Waals surface area contributed by atoms with Crippen LogP contribution in [0.4, 0.5) is 5.69 Å². The minimum absolute atomic E-state index is 0.273. The Morgan fingerprint density at radius 3 is 2.71 bits per heavy atom. The minimum atomic E-state index is -0.925. The molecule has 148 valence electrons. The highest BCUT2D eigenvalue weighted by Gasteiger charge is 2.39. The molecule has 2 atom stereocenters. The van der Waals surface area contributed by atoms with Crippen LogP contribution in [-0.4, -0.2) is 59.2 Å². The molecule has 2 aromatic rings. The summed E-state index contributed by atoms with van der Waals surface area (Å²) >= 11 is 0. The second-order valence-corrected chi connectivity index (χ2v) is 7.80. The van der Waals surface area contributed by atoms with E-state index in [2.05, 4.69) is 50.8 Å². The van der Waals surface area contributed by atoms with E-state index in [0.717, 1.165) is 26.2 Å². The Balaban J connectivity index is 1.16. The first-order valence-corrected chi connectivity index (χ1v) is 10.2. The first kappa shape index (κ1) is 18.9. The molecule has 1 aliphatic carbocycles. The van der Waals surface area contributed by atoms with Crippen molar-refractivity contribution in [1.29, 1.82) is 0 Å². The van der Waals surface area contributed by atoms with E-state index in [1.54, 1.807) is 6.20 Å². The van der Waals surface area contributed by atoms with Crippen LogP contribution in [0.15, 0.2) is 48.8 Å². The lowest BCUT2D eigenvalue weighted by atomic mass is 10.0. The lowest BCUT2D eigenvalue weighted by Crippen LogP contribution is -2.44. The third kappa shape index (κ3) is 4.69. The van der Waals surface area contributed by atoms with E-state index in [9.17, 15) is 9.90 Å². The van der Waals surface area contributed by atoms with Crippen molar-refractivity contribution in [2.75, 3.05) is 31.5 Å². The summed E-state index contributed by atoms with van der Waals surface area (Å²) in [4.78, 5) is 17.7. The zero-order valence-corrected chi connectivity index (χ0v) is 16.1. The zero-order chi connectivity index (χ0) is 19.3. The molecule has 1 saturated heterocycles. The Morgan fingerprint density at radius 1 is 1.18 bits per heavy atom. The number of nitrogens with one attached hydrogen (secondary N) is 2. The van der Waals surface area contributed by atoms with Crippen molar-refractivity contribution in [2.45, 2.75) is 37.3 Å². The van der Waals surface area contributed by atoms with Gasteiger partial charge in [0.25, 0.3) is 0 Å². The van der Waals surface area contributed by atoms with Gasteiger partial charge in [0, 0.05) is 37.3 Å². The Kier molecular flexibility index (Phi) is 5.88. The largest absolute Gasteiger partial charge is 0.478 e. The van der Waals surface area contributed by atoms with Crippen LogP contribution < -0.4 is 10.6 Å². The van der Waals surface area contributed by atoms with Gasteiger partial charge in [-0.2, -0.15) is 0 Å². The summed E-state index contributed by atoms with van der Waals surface area (Å²) in [5, 5.41) is 16.3. The van der Waals surface area contributed by atoms with Gasteiger partial charge in [0.1, 0.15) is 0 Å². The number of hydrogen-bond acceptors (Lipinski definition) is 5. The van der Waals surface area contributed by atoms with Crippen LogP contribution in [0, 0.1) is 0 Å². The van der Waals surface area contributed by atoms with Crippen LogP contribution in [-0.2, 0) is 0 Å². The van der Waals surface area contributed by atoms with Crippen molar-refractivity contribution >= 4 is 11.7 Å². The number of hydrogen-bond donors (Lipinski definition) is 3. The maximum Gasteiger partial charge on any atom is 0.337 e. The molecule has 6 heteroatoms. The smallest absolute Gasteiger partial charge is 0.337 e. The third-order valence-electron chi connectivity index (χ3n) is 5.85. The molecule has 6 nitrogen and oxygen atoms in total. The number of pyridine rings is 1. The first-order valence-electron chi connectivity index (χ1n) is 10.2. The van der Waals surface area contributed by atoms with Crippen LogP contribution in [0.2, 0.25) is 0 Å². The first-order chi connectivity index (χ1) is 13.7. The van der Waals surface area contributed by atoms with E-state index < -0.39 is 5.97 Å².